The summed E-state index contributed by atoms with van der Waals surface area (Å²) < 4.78 is 10.6. The summed E-state index contributed by atoms with van der Waals surface area (Å²) in [6, 6.07) is 0. The first-order valence-electron chi connectivity index (χ1n) is 21.6. The maximum atomic E-state index is 12.2. The van der Waals surface area contributed by atoms with Gasteiger partial charge in [-0.05, 0) is 12.8 Å². The molecule has 0 aromatic rings. The van der Waals surface area contributed by atoms with Crippen LogP contribution in [0.25, 0.3) is 0 Å². The fourth-order valence-electron chi connectivity index (χ4n) is 6.62. The minimum atomic E-state index is -0.761. The van der Waals surface area contributed by atoms with Crippen molar-refractivity contribution in [2.24, 2.45) is 0 Å². The molecule has 0 radical (unpaired) electrons. The molecule has 0 amide bonds. The summed E-state index contributed by atoms with van der Waals surface area (Å²) in [7, 11) is 0. The van der Waals surface area contributed by atoms with E-state index in [-0.39, 0.29) is 25.2 Å². The third-order valence-electron chi connectivity index (χ3n) is 9.90. The van der Waals surface area contributed by atoms with Gasteiger partial charge in [0.1, 0.15) is 6.61 Å². The number of carbonyl (C=O) groups is 2. The standard InChI is InChI=1S/C43H84O5/c1-3-5-7-9-11-13-15-17-18-19-20-21-22-23-24-25-26-28-30-32-34-36-38-43(46)48-41(39-44)40-47-42(45)37-35-33-31-29-27-16-14-12-10-8-6-4-2/h41,44H,3-40H2,1-2H3/t41-/m0/s1. The number of hydrogen-bond donors (Lipinski definition) is 1. The molecule has 286 valence electrons. The van der Waals surface area contributed by atoms with Gasteiger partial charge in [-0.15, -0.1) is 0 Å². The number of carbonyl (C=O) groups excluding carboxylic acids is 2. The highest BCUT2D eigenvalue weighted by Gasteiger charge is 2.16. The van der Waals surface area contributed by atoms with Crippen molar-refractivity contribution >= 4 is 11.9 Å². The molecule has 1 N–H and O–H groups in total. The highest BCUT2D eigenvalue weighted by molar-refractivity contribution is 5.70. The smallest absolute Gasteiger partial charge is 0.306 e. The van der Waals surface area contributed by atoms with Crippen LogP contribution in [-0.2, 0) is 19.1 Å². The number of hydrogen-bond acceptors (Lipinski definition) is 5. The Balaban J connectivity index is 3.44. The lowest BCUT2D eigenvalue weighted by Crippen LogP contribution is -2.28. The lowest BCUT2D eigenvalue weighted by Gasteiger charge is -2.15. The minimum absolute atomic E-state index is 0.0569. The normalized spacial score (nSPS) is 12.0. The van der Waals surface area contributed by atoms with E-state index in [0.717, 1.165) is 32.1 Å². The Morgan fingerprint density at radius 2 is 0.646 bits per heavy atom. The fourth-order valence-corrected chi connectivity index (χ4v) is 6.62. The Morgan fingerprint density at radius 3 is 0.917 bits per heavy atom. The summed E-state index contributed by atoms with van der Waals surface area (Å²) in [5, 5.41) is 9.56. The van der Waals surface area contributed by atoms with Gasteiger partial charge in [-0.2, -0.15) is 0 Å². The average molecular weight is 681 g/mol. The lowest BCUT2D eigenvalue weighted by molar-refractivity contribution is -0.161. The molecule has 0 aromatic heterocycles. The molecule has 0 saturated carbocycles. The van der Waals surface area contributed by atoms with Gasteiger partial charge in [-0.25, -0.2) is 0 Å². The zero-order valence-electron chi connectivity index (χ0n) is 32.5. The number of unbranched alkanes of at least 4 members (excludes halogenated alkanes) is 32. The van der Waals surface area contributed by atoms with Crippen molar-refractivity contribution in [3.05, 3.63) is 0 Å². The molecule has 0 aliphatic heterocycles. The van der Waals surface area contributed by atoms with Crippen molar-refractivity contribution in [1.82, 2.24) is 0 Å². The number of aliphatic hydroxyl groups excluding tert-OH is 1. The van der Waals surface area contributed by atoms with Gasteiger partial charge in [-0.3, -0.25) is 9.59 Å². The fraction of sp³-hybridized carbons (Fsp3) is 0.953. The Bertz CT molecular complexity index is 651. The summed E-state index contributed by atoms with van der Waals surface area (Å²) in [5.74, 6) is -0.574. The quantitative estimate of drug-likeness (QED) is 0.0515. The first-order chi connectivity index (χ1) is 23.6. The van der Waals surface area contributed by atoms with E-state index in [4.69, 9.17) is 9.47 Å². The largest absolute Gasteiger partial charge is 0.462 e. The zero-order chi connectivity index (χ0) is 35.0. The molecule has 5 heteroatoms. The monoisotopic (exact) mass is 681 g/mol. The highest BCUT2D eigenvalue weighted by atomic mass is 16.6. The second-order valence-corrected chi connectivity index (χ2v) is 14.8. The first kappa shape index (κ1) is 46.9. The molecule has 0 heterocycles. The van der Waals surface area contributed by atoms with Gasteiger partial charge >= 0.3 is 11.9 Å². The minimum Gasteiger partial charge on any atom is -0.462 e. The summed E-state index contributed by atoms with van der Waals surface area (Å²) in [6.45, 7) is 4.17. The Morgan fingerprint density at radius 1 is 0.396 bits per heavy atom. The van der Waals surface area contributed by atoms with Crippen LogP contribution in [0.15, 0.2) is 0 Å². The van der Waals surface area contributed by atoms with Crippen molar-refractivity contribution in [1.29, 1.82) is 0 Å². The van der Waals surface area contributed by atoms with E-state index in [1.165, 1.54) is 186 Å². The molecule has 0 spiro atoms. The van der Waals surface area contributed by atoms with Gasteiger partial charge in [0, 0.05) is 12.8 Å². The number of rotatable bonds is 40. The van der Waals surface area contributed by atoms with Crippen LogP contribution >= 0.6 is 0 Å². The molecule has 0 aliphatic carbocycles. The number of aliphatic hydroxyl groups is 1. The maximum absolute atomic E-state index is 12.2. The molecular weight excluding hydrogens is 596 g/mol. The Hall–Kier alpha value is -1.10. The van der Waals surface area contributed by atoms with E-state index in [1.807, 2.05) is 0 Å². The van der Waals surface area contributed by atoms with Crippen LogP contribution in [0, 0.1) is 0 Å². The molecular formula is C43H84O5. The lowest BCUT2D eigenvalue weighted by atomic mass is 10.0. The van der Waals surface area contributed by atoms with Crippen molar-refractivity contribution in [3.63, 3.8) is 0 Å². The Kier molecular flexibility index (Phi) is 39.4. The predicted octanol–water partition coefficient (Wildman–Crippen LogP) is 13.5. The van der Waals surface area contributed by atoms with E-state index in [9.17, 15) is 14.7 Å². The van der Waals surface area contributed by atoms with Gasteiger partial charge < -0.3 is 14.6 Å². The highest BCUT2D eigenvalue weighted by Crippen LogP contribution is 2.16. The van der Waals surface area contributed by atoms with Gasteiger partial charge in [0.2, 0.25) is 0 Å². The van der Waals surface area contributed by atoms with E-state index < -0.39 is 6.10 Å². The summed E-state index contributed by atoms with van der Waals surface area (Å²) in [6.07, 6.45) is 44.6. The number of ether oxygens (including phenoxy) is 2. The van der Waals surface area contributed by atoms with Crippen LogP contribution < -0.4 is 0 Å². The van der Waals surface area contributed by atoms with Crippen LogP contribution in [0.2, 0.25) is 0 Å². The van der Waals surface area contributed by atoms with Crippen LogP contribution in [0.1, 0.15) is 245 Å². The Labute approximate surface area is 299 Å². The van der Waals surface area contributed by atoms with E-state index in [0.29, 0.717) is 12.8 Å². The summed E-state index contributed by atoms with van der Waals surface area (Å²) in [4.78, 5) is 24.3. The molecule has 5 nitrogen and oxygen atoms in total. The summed E-state index contributed by atoms with van der Waals surface area (Å²) in [5.41, 5.74) is 0. The third-order valence-corrected chi connectivity index (χ3v) is 9.90. The van der Waals surface area contributed by atoms with Gasteiger partial charge in [0.15, 0.2) is 6.10 Å². The second kappa shape index (κ2) is 40.3. The summed E-state index contributed by atoms with van der Waals surface area (Å²) >= 11 is 0. The molecule has 0 aliphatic rings. The zero-order valence-corrected chi connectivity index (χ0v) is 32.5. The van der Waals surface area contributed by atoms with E-state index in [1.54, 1.807) is 0 Å². The number of esters is 2. The second-order valence-electron chi connectivity index (χ2n) is 14.8. The average Bonchev–Trinajstić information content (AvgIpc) is 3.09. The van der Waals surface area contributed by atoms with Gasteiger partial charge in [-0.1, -0.05) is 219 Å². The predicted molar refractivity (Wildman–Crippen MR) is 205 cm³/mol. The van der Waals surface area contributed by atoms with Crippen LogP contribution in [0.4, 0.5) is 0 Å². The van der Waals surface area contributed by atoms with E-state index >= 15 is 0 Å². The SMILES string of the molecule is CCCCCCCCCCCCCCCCCCCCCCCCC(=O)O[C@@H](CO)COC(=O)CCCCCCCCCCCCCC. The van der Waals surface area contributed by atoms with Gasteiger partial charge in [0.25, 0.3) is 0 Å². The molecule has 0 unspecified atom stereocenters. The van der Waals surface area contributed by atoms with Crippen molar-refractivity contribution < 1.29 is 24.2 Å². The molecule has 0 aromatic carbocycles. The van der Waals surface area contributed by atoms with Crippen LogP contribution in [0.5, 0.6) is 0 Å². The molecule has 0 fully saturated rings. The van der Waals surface area contributed by atoms with E-state index in [2.05, 4.69) is 13.8 Å². The molecule has 0 saturated heterocycles. The van der Waals surface area contributed by atoms with Crippen LogP contribution in [-0.4, -0.2) is 36.4 Å². The van der Waals surface area contributed by atoms with Crippen molar-refractivity contribution in [2.45, 2.75) is 251 Å². The maximum Gasteiger partial charge on any atom is 0.306 e. The molecule has 1 atom stereocenters. The van der Waals surface area contributed by atoms with Gasteiger partial charge in [0.05, 0.1) is 6.61 Å². The van der Waals surface area contributed by atoms with Crippen molar-refractivity contribution in [3.8, 4) is 0 Å². The molecule has 0 rings (SSSR count). The topological polar surface area (TPSA) is 72.8 Å². The third kappa shape index (κ3) is 37.7. The first-order valence-corrected chi connectivity index (χ1v) is 21.6. The molecule has 48 heavy (non-hydrogen) atoms. The molecule has 0 bridgehead atoms. The van der Waals surface area contributed by atoms with Crippen molar-refractivity contribution in [2.75, 3.05) is 13.2 Å². The van der Waals surface area contributed by atoms with Crippen LogP contribution in [0.3, 0.4) is 0 Å².